The highest BCUT2D eigenvalue weighted by atomic mass is 35.5. The van der Waals surface area contributed by atoms with Gasteiger partial charge in [0.2, 0.25) is 0 Å². The van der Waals surface area contributed by atoms with Gasteiger partial charge in [-0.1, -0.05) is 29.8 Å². The lowest BCUT2D eigenvalue weighted by molar-refractivity contribution is 0.0947. The number of carbonyl (C=O) groups excluding carboxylic acids is 2. The largest absolute Gasteiger partial charge is 0.447 e. The molecule has 1 unspecified atom stereocenters. The van der Waals surface area contributed by atoms with Crippen LogP contribution in [0.15, 0.2) is 66.9 Å². The molecule has 4 heterocycles. The Morgan fingerprint density at radius 3 is 2.74 bits per heavy atom. The summed E-state index contributed by atoms with van der Waals surface area (Å²) < 4.78 is 21.2. The molecule has 4 aromatic rings. The third-order valence-electron chi connectivity index (χ3n) is 6.66. The fourth-order valence-electron chi connectivity index (χ4n) is 4.60. The Morgan fingerprint density at radius 1 is 1.16 bits per heavy atom. The molecule has 2 aliphatic heterocycles. The number of benzene rings is 2. The fourth-order valence-corrected chi connectivity index (χ4v) is 4.73. The van der Waals surface area contributed by atoms with E-state index in [0.717, 1.165) is 30.5 Å². The van der Waals surface area contributed by atoms with Crippen LogP contribution in [0.1, 0.15) is 35.2 Å². The molecule has 2 aliphatic rings. The first-order valence-electron chi connectivity index (χ1n) is 12.4. The highest BCUT2D eigenvalue weighted by Crippen LogP contribution is 2.29. The molecule has 6 rings (SSSR count). The van der Waals surface area contributed by atoms with Gasteiger partial charge in [-0.05, 0) is 67.3 Å². The van der Waals surface area contributed by atoms with Gasteiger partial charge in [0.25, 0.3) is 5.91 Å². The second kappa shape index (κ2) is 11.1. The van der Waals surface area contributed by atoms with Gasteiger partial charge in [0.15, 0.2) is 0 Å². The van der Waals surface area contributed by atoms with Crippen LogP contribution in [0.2, 0.25) is 5.02 Å². The van der Waals surface area contributed by atoms with Crippen LogP contribution in [0.5, 0.6) is 0 Å². The Hall–Kier alpha value is -4.11. The van der Waals surface area contributed by atoms with Gasteiger partial charge in [0.1, 0.15) is 12.4 Å². The van der Waals surface area contributed by atoms with Gasteiger partial charge in [0, 0.05) is 35.6 Å². The number of nitrogens with two attached hydrogens (primary N) is 1. The summed E-state index contributed by atoms with van der Waals surface area (Å²) in [7, 11) is 0. The summed E-state index contributed by atoms with van der Waals surface area (Å²) in [5.41, 5.74) is 8.96. The maximum atomic E-state index is 14.6. The third-order valence-corrected chi connectivity index (χ3v) is 6.91. The molecule has 2 fully saturated rings. The lowest BCUT2D eigenvalue weighted by Gasteiger charge is -2.25. The van der Waals surface area contributed by atoms with E-state index in [0.29, 0.717) is 28.9 Å². The van der Waals surface area contributed by atoms with E-state index in [1.54, 1.807) is 35.0 Å². The first-order chi connectivity index (χ1) is 18.4. The van der Waals surface area contributed by atoms with Crippen molar-refractivity contribution in [2.24, 2.45) is 0 Å². The summed E-state index contributed by atoms with van der Waals surface area (Å²) in [6.07, 6.45) is 5.21. The van der Waals surface area contributed by atoms with Gasteiger partial charge in [-0.3, -0.25) is 4.79 Å². The van der Waals surface area contributed by atoms with E-state index >= 15 is 0 Å². The van der Waals surface area contributed by atoms with E-state index in [1.165, 1.54) is 18.6 Å². The molecule has 2 saturated heterocycles. The van der Waals surface area contributed by atoms with Crippen LogP contribution in [0.4, 0.5) is 14.9 Å². The summed E-state index contributed by atoms with van der Waals surface area (Å²) in [5.74, 6) is -1.20. The Balaban J connectivity index is 0.000000244. The van der Waals surface area contributed by atoms with Crippen LogP contribution in [0.3, 0.4) is 0 Å². The number of hydrogen-bond acceptors (Lipinski definition) is 5. The highest BCUT2D eigenvalue weighted by Gasteiger charge is 2.34. The number of fused-ring (bicyclic) bond motifs is 2. The van der Waals surface area contributed by atoms with Gasteiger partial charge < -0.3 is 20.7 Å². The number of hydrogen-bond donors (Lipinski definition) is 2. The van der Waals surface area contributed by atoms with Crippen LogP contribution in [0, 0.1) is 5.82 Å². The number of halogens is 2. The molecule has 0 saturated carbocycles. The molecular weight excluding hydrogens is 509 g/mol. The number of carbonyl (C=O) groups is 2. The minimum Gasteiger partial charge on any atom is -0.447 e. The number of nitrogen functional groups attached to an aromatic ring is 1. The number of ether oxygens (including phenoxy) is 1. The monoisotopic (exact) mass is 535 g/mol. The zero-order valence-electron chi connectivity index (χ0n) is 20.6. The topological polar surface area (TPSA) is 102 Å². The van der Waals surface area contributed by atoms with Gasteiger partial charge >= 0.3 is 6.09 Å². The molecule has 2 amide bonds. The molecule has 0 aliphatic carbocycles. The molecule has 0 bridgehead atoms. The van der Waals surface area contributed by atoms with Crippen LogP contribution >= 0.6 is 11.6 Å². The van der Waals surface area contributed by atoms with Crippen LogP contribution in [-0.2, 0) is 11.3 Å². The van der Waals surface area contributed by atoms with Crippen LogP contribution in [-0.4, -0.2) is 45.7 Å². The van der Waals surface area contributed by atoms with Crippen LogP contribution in [0.25, 0.3) is 16.8 Å². The molecule has 3 N–H and O–H groups in total. The standard InChI is InChI=1S/C21H16ClFN4O.C7H11NO2/c22-14-6-4-13(5-7-14)12-25-21(28)16-11-19(24)17(10-18(16)23)20-9-15-3-1-2-8-27(15)26-20;9-7-8-4-2-1-3-6(8)5-10-7/h1-11H,12,24H2,(H,25,28);6H,1-5H2. The van der Waals surface area contributed by atoms with Crippen molar-refractivity contribution in [2.75, 3.05) is 18.9 Å². The van der Waals surface area contributed by atoms with Crippen molar-refractivity contribution in [2.45, 2.75) is 31.8 Å². The van der Waals surface area contributed by atoms with Gasteiger partial charge in [-0.15, -0.1) is 0 Å². The van der Waals surface area contributed by atoms with E-state index in [-0.39, 0.29) is 23.9 Å². The molecular formula is C28H27ClFN5O3. The SMILES string of the molecule is Nc1cc(C(=O)NCc2ccc(Cl)cc2)c(F)cc1-c1cc2ccccn2n1.O=C1OCC2CCCCN12. The molecule has 38 heavy (non-hydrogen) atoms. The summed E-state index contributed by atoms with van der Waals surface area (Å²) in [6.45, 7) is 1.78. The summed E-state index contributed by atoms with van der Waals surface area (Å²) in [5, 5.41) is 7.70. The highest BCUT2D eigenvalue weighted by molar-refractivity contribution is 6.30. The Bertz CT molecular complexity index is 1440. The minimum atomic E-state index is -0.658. The number of amides is 2. The van der Waals surface area contributed by atoms with Crippen molar-refractivity contribution in [3.63, 3.8) is 0 Å². The molecule has 196 valence electrons. The molecule has 2 aromatic heterocycles. The second-order valence-corrected chi connectivity index (χ2v) is 9.68. The van der Waals surface area contributed by atoms with E-state index in [4.69, 9.17) is 22.1 Å². The number of nitrogens with zero attached hydrogens (tertiary/aromatic N) is 3. The number of pyridine rings is 1. The molecule has 1 atom stereocenters. The van der Waals surface area contributed by atoms with E-state index in [1.807, 2.05) is 29.2 Å². The number of anilines is 1. The molecule has 2 aromatic carbocycles. The fraction of sp³-hybridized carbons (Fsp3) is 0.250. The van der Waals surface area contributed by atoms with E-state index in [2.05, 4.69) is 10.4 Å². The second-order valence-electron chi connectivity index (χ2n) is 9.25. The predicted molar refractivity (Wildman–Crippen MR) is 143 cm³/mol. The molecule has 8 nitrogen and oxygen atoms in total. The number of piperidine rings is 1. The van der Waals surface area contributed by atoms with Crippen molar-refractivity contribution >= 4 is 34.8 Å². The van der Waals surface area contributed by atoms with E-state index in [9.17, 15) is 14.0 Å². The van der Waals surface area contributed by atoms with Gasteiger partial charge in [-0.2, -0.15) is 5.10 Å². The number of cyclic esters (lactones) is 1. The molecule has 0 spiro atoms. The average Bonchev–Trinajstić information content (AvgIpc) is 3.53. The Kier molecular flexibility index (Phi) is 7.46. The first-order valence-corrected chi connectivity index (χ1v) is 12.8. The first kappa shape index (κ1) is 25.5. The van der Waals surface area contributed by atoms with Crippen molar-refractivity contribution in [3.05, 3.63) is 88.8 Å². The molecule has 0 radical (unpaired) electrons. The zero-order chi connectivity index (χ0) is 26.6. The van der Waals surface area contributed by atoms with Gasteiger partial charge in [0.05, 0.1) is 22.8 Å². The van der Waals surface area contributed by atoms with Crippen molar-refractivity contribution in [3.8, 4) is 11.3 Å². The summed E-state index contributed by atoms with van der Waals surface area (Å²) in [4.78, 5) is 25.2. The maximum Gasteiger partial charge on any atom is 0.410 e. The smallest absolute Gasteiger partial charge is 0.410 e. The van der Waals surface area contributed by atoms with E-state index < -0.39 is 11.7 Å². The minimum absolute atomic E-state index is 0.107. The predicted octanol–water partition coefficient (Wildman–Crippen LogP) is 5.30. The van der Waals surface area contributed by atoms with Gasteiger partial charge in [-0.25, -0.2) is 13.7 Å². The van der Waals surface area contributed by atoms with Crippen molar-refractivity contribution in [1.82, 2.24) is 19.8 Å². The lowest BCUT2D eigenvalue weighted by atomic mass is 10.0. The Morgan fingerprint density at radius 2 is 1.97 bits per heavy atom. The molecule has 10 heteroatoms. The third kappa shape index (κ3) is 5.57. The summed E-state index contributed by atoms with van der Waals surface area (Å²) >= 11 is 5.84. The van der Waals surface area contributed by atoms with Crippen molar-refractivity contribution in [1.29, 1.82) is 0 Å². The average molecular weight is 536 g/mol. The number of rotatable bonds is 4. The number of aromatic nitrogens is 2. The van der Waals surface area contributed by atoms with Crippen LogP contribution < -0.4 is 11.1 Å². The zero-order valence-corrected chi connectivity index (χ0v) is 21.3. The lowest BCUT2D eigenvalue weighted by Crippen LogP contribution is -2.37. The quantitative estimate of drug-likeness (QED) is 0.345. The maximum absolute atomic E-state index is 14.6. The normalized spacial score (nSPS) is 16.4. The Labute approximate surface area is 224 Å². The van der Waals surface area contributed by atoms with Crippen molar-refractivity contribution < 1.29 is 18.7 Å². The summed E-state index contributed by atoms with van der Waals surface area (Å²) in [6, 6.07) is 17.5. The number of nitrogens with one attached hydrogen (secondary N) is 1.